The van der Waals surface area contributed by atoms with Crippen molar-refractivity contribution in [1.82, 2.24) is 0 Å². The van der Waals surface area contributed by atoms with E-state index in [2.05, 4.69) is 6.92 Å². The van der Waals surface area contributed by atoms with E-state index in [0.29, 0.717) is 0 Å². The third kappa shape index (κ3) is 3.43. The molecule has 25 heavy (non-hydrogen) atoms. The van der Waals surface area contributed by atoms with Crippen LogP contribution in [0.15, 0.2) is 0 Å². The molecule has 1 aliphatic heterocycles. The van der Waals surface area contributed by atoms with Gasteiger partial charge in [0.1, 0.15) is 0 Å². The van der Waals surface area contributed by atoms with Gasteiger partial charge in [-0.25, -0.2) is 0 Å². The number of ether oxygens (including phenoxy) is 4. The minimum Gasteiger partial charge on any atom is -0.469 e. The smallest absolute Gasteiger partial charge is 0.309 e. The van der Waals surface area contributed by atoms with E-state index in [4.69, 9.17) is 18.9 Å². The predicted octanol–water partition coefficient (Wildman–Crippen LogP) is 2.69. The van der Waals surface area contributed by atoms with Crippen LogP contribution in [0.25, 0.3) is 0 Å². The van der Waals surface area contributed by atoms with Gasteiger partial charge in [0, 0.05) is 11.8 Å². The molecule has 1 heterocycles. The Kier molecular flexibility index (Phi) is 6.00. The van der Waals surface area contributed by atoms with Crippen molar-refractivity contribution < 1.29 is 28.5 Å². The largest absolute Gasteiger partial charge is 0.469 e. The molecule has 2 aliphatic carbocycles. The summed E-state index contributed by atoms with van der Waals surface area (Å²) in [6.07, 6.45) is 7.24. The lowest BCUT2D eigenvalue weighted by Gasteiger charge is -2.32. The van der Waals surface area contributed by atoms with Gasteiger partial charge in [-0.3, -0.25) is 9.59 Å². The van der Waals surface area contributed by atoms with Gasteiger partial charge in [0.15, 0.2) is 6.29 Å². The van der Waals surface area contributed by atoms with Gasteiger partial charge in [-0.15, -0.1) is 0 Å². The van der Waals surface area contributed by atoms with Crippen LogP contribution in [-0.4, -0.2) is 44.7 Å². The van der Waals surface area contributed by atoms with Crippen LogP contribution in [0.3, 0.4) is 0 Å². The van der Waals surface area contributed by atoms with E-state index >= 15 is 0 Å². The van der Waals surface area contributed by atoms with Crippen molar-refractivity contribution in [3.05, 3.63) is 0 Å². The van der Waals surface area contributed by atoms with Crippen LogP contribution in [0.5, 0.6) is 0 Å². The first-order valence-corrected chi connectivity index (χ1v) is 9.59. The molecule has 0 aromatic carbocycles. The number of methoxy groups -OCH3 is 2. The molecule has 3 fully saturated rings. The topological polar surface area (TPSA) is 71.1 Å². The van der Waals surface area contributed by atoms with Gasteiger partial charge in [-0.1, -0.05) is 32.6 Å². The first-order chi connectivity index (χ1) is 12.1. The predicted molar refractivity (Wildman–Crippen MR) is 89.5 cm³/mol. The van der Waals surface area contributed by atoms with E-state index in [1.165, 1.54) is 39.9 Å². The van der Waals surface area contributed by atoms with Gasteiger partial charge in [0.2, 0.25) is 0 Å². The van der Waals surface area contributed by atoms with Crippen LogP contribution in [0, 0.1) is 23.7 Å². The number of unbranched alkanes of at least 4 members (excludes halogenated alkanes) is 4. The third-order valence-electron chi connectivity index (χ3n) is 6.13. The maximum atomic E-state index is 12.3. The quantitative estimate of drug-likeness (QED) is 0.493. The molecule has 1 saturated heterocycles. The summed E-state index contributed by atoms with van der Waals surface area (Å²) >= 11 is 0. The van der Waals surface area contributed by atoms with Crippen LogP contribution < -0.4 is 0 Å². The Morgan fingerprint density at radius 3 is 1.88 bits per heavy atom. The Balaban J connectivity index is 1.62. The lowest BCUT2D eigenvalue weighted by Crippen LogP contribution is -2.46. The monoisotopic (exact) mass is 354 g/mol. The summed E-state index contributed by atoms with van der Waals surface area (Å²) in [6.45, 7) is 2.20. The Morgan fingerprint density at radius 2 is 1.40 bits per heavy atom. The zero-order chi connectivity index (χ0) is 18.0. The van der Waals surface area contributed by atoms with E-state index in [-0.39, 0.29) is 42.3 Å². The van der Waals surface area contributed by atoms with Crippen molar-refractivity contribution in [2.75, 3.05) is 14.2 Å². The second kappa shape index (κ2) is 8.04. The number of fused-ring (bicyclic) bond motifs is 5. The summed E-state index contributed by atoms with van der Waals surface area (Å²) < 4.78 is 22.2. The maximum absolute atomic E-state index is 12.3. The first kappa shape index (κ1) is 18.6. The van der Waals surface area contributed by atoms with E-state index in [9.17, 15) is 9.59 Å². The van der Waals surface area contributed by atoms with Crippen molar-refractivity contribution in [1.29, 1.82) is 0 Å². The fraction of sp³-hybridized carbons (Fsp3) is 0.895. The molecule has 7 atom stereocenters. The fourth-order valence-corrected chi connectivity index (χ4v) is 5.01. The van der Waals surface area contributed by atoms with E-state index in [1.54, 1.807) is 0 Å². The zero-order valence-electron chi connectivity index (χ0n) is 15.4. The minimum atomic E-state index is -0.476. The molecule has 6 heteroatoms. The molecule has 3 aliphatic rings. The number of carbonyl (C=O) groups excluding carboxylic acids is 2. The van der Waals surface area contributed by atoms with Gasteiger partial charge in [-0.2, -0.15) is 0 Å². The molecule has 142 valence electrons. The fourth-order valence-electron chi connectivity index (χ4n) is 5.01. The number of esters is 2. The van der Waals surface area contributed by atoms with Crippen LogP contribution in [0.2, 0.25) is 0 Å². The summed E-state index contributed by atoms with van der Waals surface area (Å²) in [4.78, 5) is 24.5. The van der Waals surface area contributed by atoms with Crippen LogP contribution >= 0.6 is 0 Å². The van der Waals surface area contributed by atoms with E-state index in [1.807, 2.05) is 0 Å². The van der Waals surface area contributed by atoms with Gasteiger partial charge in [0.25, 0.3) is 0 Å². The second-order valence-electron chi connectivity index (χ2n) is 7.50. The molecule has 6 nitrogen and oxygen atoms in total. The Labute approximate surface area is 149 Å². The molecule has 0 amide bonds. The lowest BCUT2D eigenvalue weighted by atomic mass is 9.76. The summed E-state index contributed by atoms with van der Waals surface area (Å²) in [5.74, 6) is -1.67. The SMILES string of the molecule is CCCCCCCC1O[C@@H]2[C@@H]3C[C@H]([C@@H]2O1)[C@H](C(=O)OC)[C@H]3C(=O)OC. The highest BCUT2D eigenvalue weighted by Gasteiger charge is 2.66. The Morgan fingerprint density at radius 1 is 0.880 bits per heavy atom. The van der Waals surface area contributed by atoms with Crippen molar-refractivity contribution >= 4 is 11.9 Å². The summed E-state index contributed by atoms with van der Waals surface area (Å²) in [6, 6.07) is 0. The van der Waals surface area contributed by atoms with Gasteiger partial charge in [-0.05, 0) is 19.3 Å². The first-order valence-electron chi connectivity index (χ1n) is 9.59. The Bertz CT molecular complexity index is 456. The third-order valence-corrected chi connectivity index (χ3v) is 6.13. The molecule has 0 radical (unpaired) electrons. The molecule has 1 unspecified atom stereocenters. The molecule has 2 saturated carbocycles. The molecular formula is C19H30O6. The lowest BCUT2D eigenvalue weighted by molar-refractivity contribution is -0.163. The molecule has 0 N–H and O–H groups in total. The average Bonchev–Trinajstić information content (AvgIpc) is 3.29. The van der Waals surface area contributed by atoms with Crippen molar-refractivity contribution in [2.45, 2.75) is 70.4 Å². The molecular weight excluding hydrogens is 324 g/mol. The number of rotatable bonds is 8. The molecule has 0 aromatic rings. The van der Waals surface area contributed by atoms with Crippen molar-refractivity contribution in [2.24, 2.45) is 23.7 Å². The van der Waals surface area contributed by atoms with Crippen LogP contribution in [0.4, 0.5) is 0 Å². The molecule has 2 bridgehead atoms. The van der Waals surface area contributed by atoms with Gasteiger partial charge in [0.05, 0.1) is 38.3 Å². The standard InChI is InChI=1S/C19H30O6/c1-4-5-6-7-8-9-13-24-16-11-10-12(17(16)25-13)15(19(21)23-3)14(11)18(20)22-2/h11-17H,4-10H2,1-3H3/t11-,12+,13?,14-,15-,16-,17+/m0/s1. The maximum Gasteiger partial charge on any atom is 0.309 e. The Hall–Kier alpha value is -1.14. The number of carbonyl (C=O) groups is 2. The van der Waals surface area contributed by atoms with Crippen molar-refractivity contribution in [3.8, 4) is 0 Å². The number of hydrogen-bond donors (Lipinski definition) is 0. The average molecular weight is 354 g/mol. The number of hydrogen-bond acceptors (Lipinski definition) is 6. The summed E-state index contributed by atoms with van der Waals surface area (Å²) in [5, 5.41) is 0. The summed E-state index contributed by atoms with van der Waals surface area (Å²) in [5.41, 5.74) is 0. The van der Waals surface area contributed by atoms with Crippen LogP contribution in [-0.2, 0) is 28.5 Å². The second-order valence-corrected chi connectivity index (χ2v) is 7.50. The highest BCUT2D eigenvalue weighted by molar-refractivity contribution is 5.84. The van der Waals surface area contributed by atoms with Gasteiger partial charge >= 0.3 is 11.9 Å². The minimum absolute atomic E-state index is 0.0170. The molecule has 0 spiro atoms. The molecule has 0 aromatic heterocycles. The summed E-state index contributed by atoms with van der Waals surface area (Å²) in [7, 11) is 2.73. The van der Waals surface area contributed by atoms with Crippen molar-refractivity contribution in [3.63, 3.8) is 0 Å². The van der Waals surface area contributed by atoms with Gasteiger partial charge < -0.3 is 18.9 Å². The zero-order valence-corrected chi connectivity index (χ0v) is 15.4. The normalized spacial score (nSPS) is 38.6. The highest BCUT2D eigenvalue weighted by atomic mass is 16.7. The van der Waals surface area contributed by atoms with E-state index in [0.717, 1.165) is 19.3 Å². The van der Waals surface area contributed by atoms with E-state index < -0.39 is 11.8 Å². The highest BCUT2D eigenvalue weighted by Crippen LogP contribution is 2.57. The molecule has 3 rings (SSSR count). The van der Waals surface area contributed by atoms with Crippen LogP contribution in [0.1, 0.15) is 51.9 Å².